The Morgan fingerprint density at radius 1 is 0.900 bits per heavy atom. The Hall–Kier alpha value is -0.840. The second-order valence-corrected chi connectivity index (χ2v) is 8.77. The van der Waals surface area contributed by atoms with Crippen molar-refractivity contribution in [3.05, 3.63) is 12.2 Å². The normalized spacial score (nSPS) is 16.5. The first-order valence-corrected chi connectivity index (χ1v) is 12.3. The molecule has 0 amide bonds. The zero-order valence-electron chi connectivity index (χ0n) is 18.6. The molecule has 2 unspecified atom stereocenters. The summed E-state index contributed by atoms with van der Waals surface area (Å²) in [5, 5.41) is 19.9. The van der Waals surface area contributed by atoms with Gasteiger partial charge in [-0.05, 0) is 46.0 Å². The van der Waals surface area contributed by atoms with E-state index in [1.165, 1.54) is 39.5 Å². The van der Waals surface area contributed by atoms with E-state index < -0.39 is 34.0 Å². The van der Waals surface area contributed by atoms with Crippen molar-refractivity contribution in [2.75, 3.05) is 0 Å². The minimum atomic E-state index is -5.01. The van der Waals surface area contributed by atoms with E-state index in [1.807, 2.05) is 0 Å². The molecule has 0 fully saturated rings. The van der Waals surface area contributed by atoms with Crippen LogP contribution in [0.3, 0.4) is 0 Å². The van der Waals surface area contributed by atoms with Gasteiger partial charge in [0.1, 0.15) is 0 Å². The fourth-order valence-corrected chi connectivity index (χ4v) is 3.50. The van der Waals surface area contributed by atoms with Gasteiger partial charge >= 0.3 is 10.4 Å². The summed E-state index contributed by atoms with van der Waals surface area (Å²) >= 11 is 0. The molecule has 8 nitrogen and oxygen atoms in total. The molecule has 0 saturated heterocycles. The highest BCUT2D eigenvalue weighted by molar-refractivity contribution is 7.80. The minimum absolute atomic E-state index is 0.0255. The summed E-state index contributed by atoms with van der Waals surface area (Å²) < 4.78 is 34.0. The number of aliphatic hydroxyl groups excluding tert-OH is 2. The van der Waals surface area contributed by atoms with Crippen molar-refractivity contribution >= 4 is 16.2 Å². The van der Waals surface area contributed by atoms with Crippen molar-refractivity contribution in [3.8, 4) is 0 Å². The molecule has 0 aromatic carbocycles. The molecule has 3 N–H and O–H groups in total. The molecule has 0 heterocycles. The van der Waals surface area contributed by atoms with E-state index in [4.69, 9.17) is 4.55 Å². The van der Waals surface area contributed by atoms with E-state index in [1.54, 1.807) is 0 Å². The van der Waals surface area contributed by atoms with Gasteiger partial charge in [-0.2, -0.15) is 13.3 Å². The molecule has 0 saturated carbocycles. The molecule has 0 aromatic heterocycles. The van der Waals surface area contributed by atoms with Crippen molar-refractivity contribution in [3.63, 3.8) is 0 Å². The monoisotopic (exact) mass is 452 g/mol. The molecule has 0 radical (unpaired) electrons. The molecule has 178 valence electrons. The van der Waals surface area contributed by atoms with Crippen LogP contribution in [0.15, 0.2) is 12.2 Å². The van der Waals surface area contributed by atoms with Crippen LogP contribution < -0.4 is 0 Å². The fraction of sp³-hybridized carbons (Fsp3) is 0.857. The van der Waals surface area contributed by atoms with E-state index in [0.717, 1.165) is 38.5 Å². The molecule has 9 heteroatoms. The number of hydrogen-bond acceptors (Lipinski definition) is 7. The predicted octanol–water partition coefficient (Wildman–Crippen LogP) is 4.06. The van der Waals surface area contributed by atoms with Gasteiger partial charge in [-0.3, -0.25) is 9.35 Å². The maximum Gasteiger partial charge on any atom is 0.424 e. The van der Waals surface area contributed by atoms with Gasteiger partial charge in [-0.1, -0.05) is 61.9 Å². The van der Waals surface area contributed by atoms with Crippen molar-refractivity contribution in [2.45, 2.75) is 116 Å². The number of hydrogen-bond donors (Lipinski definition) is 3. The van der Waals surface area contributed by atoms with Crippen LogP contribution in [-0.4, -0.2) is 46.8 Å². The zero-order chi connectivity index (χ0) is 23.0. The number of allylic oxidation sites excluding steroid dienone is 2. The Morgan fingerprint density at radius 3 is 1.83 bits per heavy atom. The third-order valence-corrected chi connectivity index (χ3v) is 5.34. The number of carbonyl (C=O) groups is 1. The van der Waals surface area contributed by atoms with Crippen LogP contribution in [0.25, 0.3) is 0 Å². The van der Waals surface area contributed by atoms with Gasteiger partial charge in [0.05, 0.1) is 12.2 Å². The second-order valence-electron chi connectivity index (χ2n) is 7.77. The Bertz CT molecular complexity index is 576. The lowest BCUT2D eigenvalue weighted by Gasteiger charge is -2.35. The number of Topliss-reactive ketones (excluding diaryl/α,β-unsaturated/α-hetero) is 1. The SMILES string of the molecule is CCCCCC/C=C\CCCCCCCC(=O)C(OOS(=O)(=O)O)(C(C)O)C(C)O. The molecule has 2 atom stereocenters. The lowest BCUT2D eigenvalue weighted by molar-refractivity contribution is -0.322. The largest absolute Gasteiger partial charge is 0.424 e. The third kappa shape index (κ3) is 12.1. The minimum Gasteiger partial charge on any atom is -0.390 e. The smallest absolute Gasteiger partial charge is 0.390 e. The van der Waals surface area contributed by atoms with Crippen LogP contribution in [0.4, 0.5) is 0 Å². The Balaban J connectivity index is 4.22. The summed E-state index contributed by atoms with van der Waals surface area (Å²) in [6.07, 6.45) is 12.9. The molecular weight excluding hydrogens is 412 g/mol. The lowest BCUT2D eigenvalue weighted by Crippen LogP contribution is -2.58. The first kappa shape index (κ1) is 29.2. The topological polar surface area (TPSA) is 130 Å². The van der Waals surface area contributed by atoms with Gasteiger partial charge in [0.2, 0.25) is 5.60 Å². The summed E-state index contributed by atoms with van der Waals surface area (Å²) in [6, 6.07) is 0. The summed E-state index contributed by atoms with van der Waals surface area (Å²) in [4.78, 5) is 17.1. The summed E-state index contributed by atoms with van der Waals surface area (Å²) in [5.41, 5.74) is -2.29. The first-order chi connectivity index (χ1) is 14.1. The average Bonchev–Trinajstić information content (AvgIpc) is 2.64. The lowest BCUT2D eigenvalue weighted by atomic mass is 9.85. The van der Waals surface area contributed by atoms with E-state index >= 15 is 0 Å². The van der Waals surface area contributed by atoms with E-state index in [2.05, 4.69) is 28.3 Å². The number of ketones is 1. The van der Waals surface area contributed by atoms with E-state index in [9.17, 15) is 23.4 Å². The second kappa shape index (κ2) is 15.9. The molecule has 0 aliphatic heterocycles. The number of aliphatic hydroxyl groups is 2. The highest BCUT2D eigenvalue weighted by atomic mass is 32.3. The average molecular weight is 453 g/mol. The van der Waals surface area contributed by atoms with Crippen LogP contribution >= 0.6 is 0 Å². The maximum absolute atomic E-state index is 12.6. The summed E-state index contributed by atoms with van der Waals surface area (Å²) in [6.45, 7) is 4.55. The molecule has 0 spiro atoms. The summed E-state index contributed by atoms with van der Waals surface area (Å²) in [7, 11) is -5.01. The maximum atomic E-state index is 12.6. The highest BCUT2D eigenvalue weighted by Gasteiger charge is 2.50. The van der Waals surface area contributed by atoms with Gasteiger partial charge in [-0.25, -0.2) is 0 Å². The molecule has 0 aliphatic rings. The van der Waals surface area contributed by atoms with Crippen LogP contribution in [0.5, 0.6) is 0 Å². The van der Waals surface area contributed by atoms with Gasteiger partial charge < -0.3 is 10.2 Å². The zero-order valence-corrected chi connectivity index (χ0v) is 19.4. The quantitative estimate of drug-likeness (QED) is 0.0879. The Kier molecular flexibility index (Phi) is 15.4. The standard InChI is InChI=1S/C21H40O8S/c1-4-5-6-7-8-9-10-11-12-13-14-15-16-17-20(24)21(18(2)22,19(3)23)28-29-30(25,26)27/h9-10,18-19,22-23H,4-8,11-17H2,1-3H3,(H,25,26,27)/b10-9-. The third-order valence-electron chi connectivity index (χ3n) is 5.10. The van der Waals surface area contributed by atoms with Crippen molar-refractivity contribution in [1.82, 2.24) is 0 Å². The molecular formula is C21H40O8S. The summed E-state index contributed by atoms with van der Waals surface area (Å²) in [5.74, 6) is -0.692. The number of carbonyl (C=O) groups excluding carboxylic acids is 1. The van der Waals surface area contributed by atoms with Gasteiger partial charge in [0.25, 0.3) is 0 Å². The number of rotatable bonds is 19. The van der Waals surface area contributed by atoms with Gasteiger partial charge in [0.15, 0.2) is 5.78 Å². The van der Waals surface area contributed by atoms with Crippen LogP contribution in [-0.2, 0) is 24.4 Å². The highest BCUT2D eigenvalue weighted by Crippen LogP contribution is 2.27. The van der Waals surface area contributed by atoms with Gasteiger partial charge in [0, 0.05) is 6.42 Å². The van der Waals surface area contributed by atoms with Crippen molar-refractivity contribution < 1.29 is 37.2 Å². The van der Waals surface area contributed by atoms with Crippen LogP contribution in [0, 0.1) is 0 Å². The first-order valence-electron chi connectivity index (χ1n) is 11.0. The fourth-order valence-electron chi connectivity index (χ4n) is 3.30. The molecule has 0 rings (SSSR count). The van der Waals surface area contributed by atoms with Gasteiger partial charge in [-0.15, -0.1) is 0 Å². The van der Waals surface area contributed by atoms with E-state index in [-0.39, 0.29) is 6.42 Å². The van der Waals surface area contributed by atoms with E-state index in [0.29, 0.717) is 6.42 Å². The number of unbranched alkanes of at least 4 members (excludes halogenated alkanes) is 9. The van der Waals surface area contributed by atoms with Crippen molar-refractivity contribution in [1.29, 1.82) is 0 Å². The Morgan fingerprint density at radius 2 is 1.37 bits per heavy atom. The molecule has 0 aromatic rings. The van der Waals surface area contributed by atoms with Crippen LogP contribution in [0.1, 0.15) is 97.8 Å². The van der Waals surface area contributed by atoms with Crippen LogP contribution in [0.2, 0.25) is 0 Å². The predicted molar refractivity (Wildman–Crippen MR) is 115 cm³/mol. The molecule has 0 bridgehead atoms. The molecule has 30 heavy (non-hydrogen) atoms. The molecule has 0 aliphatic carbocycles. The van der Waals surface area contributed by atoms with Crippen molar-refractivity contribution in [2.24, 2.45) is 0 Å². The Labute approximate surface area is 181 Å².